The fraction of sp³-hybridized carbons (Fsp3) is 0.316. The second kappa shape index (κ2) is 8.48. The van der Waals surface area contributed by atoms with Crippen LogP contribution >= 0.6 is 15.9 Å². The van der Waals surface area contributed by atoms with Gasteiger partial charge in [0.1, 0.15) is 5.82 Å². The number of ether oxygens (including phenoxy) is 1. The van der Waals surface area contributed by atoms with Crippen molar-refractivity contribution < 1.29 is 27.1 Å². The first kappa shape index (κ1) is 20.6. The van der Waals surface area contributed by atoms with Crippen LogP contribution in [0.25, 0.3) is 0 Å². The number of halogens is 5. The highest BCUT2D eigenvalue weighted by molar-refractivity contribution is 9.10. The lowest BCUT2D eigenvalue weighted by Crippen LogP contribution is -2.36. The zero-order chi connectivity index (χ0) is 20.3. The molecule has 3 rings (SSSR count). The molecule has 1 aliphatic heterocycles. The highest BCUT2D eigenvalue weighted by Gasteiger charge is 2.36. The first-order chi connectivity index (χ1) is 13.2. The van der Waals surface area contributed by atoms with E-state index in [0.29, 0.717) is 37.6 Å². The van der Waals surface area contributed by atoms with E-state index in [1.54, 1.807) is 11.0 Å². The van der Waals surface area contributed by atoms with E-state index < -0.39 is 23.5 Å². The van der Waals surface area contributed by atoms with E-state index in [-0.39, 0.29) is 16.6 Å². The second-order valence-electron chi connectivity index (χ2n) is 6.30. The van der Waals surface area contributed by atoms with Gasteiger partial charge in [0.15, 0.2) is 0 Å². The molecule has 1 heterocycles. The minimum absolute atomic E-state index is 0.122. The van der Waals surface area contributed by atoms with Crippen molar-refractivity contribution in [2.75, 3.05) is 36.5 Å². The summed E-state index contributed by atoms with van der Waals surface area (Å²) in [7, 11) is 0. The molecule has 1 amide bonds. The maximum atomic E-state index is 13.6. The fourth-order valence-electron chi connectivity index (χ4n) is 2.96. The lowest BCUT2D eigenvalue weighted by atomic mass is 10.1. The van der Waals surface area contributed by atoms with Gasteiger partial charge in [0, 0.05) is 23.2 Å². The molecule has 150 valence electrons. The van der Waals surface area contributed by atoms with Crippen LogP contribution in [0.5, 0.6) is 0 Å². The number of anilines is 2. The van der Waals surface area contributed by atoms with Gasteiger partial charge in [0.05, 0.1) is 30.9 Å². The number of hydrogen-bond acceptors (Lipinski definition) is 3. The molecule has 1 aliphatic rings. The van der Waals surface area contributed by atoms with Crippen molar-refractivity contribution >= 4 is 33.2 Å². The van der Waals surface area contributed by atoms with E-state index in [1.165, 1.54) is 24.3 Å². The molecular formula is C19H17BrF4N2O2. The Kier molecular flexibility index (Phi) is 6.24. The Morgan fingerprint density at radius 1 is 1.18 bits per heavy atom. The van der Waals surface area contributed by atoms with Gasteiger partial charge in [-0.3, -0.25) is 4.79 Å². The summed E-state index contributed by atoms with van der Waals surface area (Å²) in [4.78, 5) is 14.1. The van der Waals surface area contributed by atoms with Crippen molar-refractivity contribution in [3.63, 3.8) is 0 Å². The maximum absolute atomic E-state index is 13.6. The number of carbonyl (C=O) groups excluding carboxylic acids is 1. The highest BCUT2D eigenvalue weighted by atomic mass is 79.9. The fourth-order valence-corrected chi connectivity index (χ4v) is 3.51. The number of nitrogens with zero attached hydrogens (tertiary/aromatic N) is 1. The average Bonchev–Trinajstić information content (AvgIpc) is 2.63. The number of alkyl halides is 3. The van der Waals surface area contributed by atoms with Crippen LogP contribution in [-0.4, -0.2) is 32.2 Å². The number of amides is 1. The molecule has 0 spiro atoms. The summed E-state index contributed by atoms with van der Waals surface area (Å²) in [5.74, 6) is -1.19. The van der Waals surface area contributed by atoms with E-state index in [2.05, 4.69) is 21.2 Å². The highest BCUT2D eigenvalue weighted by Crippen LogP contribution is 2.42. The lowest BCUT2D eigenvalue weighted by Gasteiger charge is -2.30. The van der Waals surface area contributed by atoms with Gasteiger partial charge >= 0.3 is 6.18 Å². The molecule has 0 unspecified atom stereocenters. The summed E-state index contributed by atoms with van der Waals surface area (Å²) in [6, 6.07) is 7.92. The van der Waals surface area contributed by atoms with Gasteiger partial charge in [-0.2, -0.15) is 13.2 Å². The van der Waals surface area contributed by atoms with Gasteiger partial charge in [-0.25, -0.2) is 4.39 Å². The number of rotatable bonds is 4. The normalized spacial score (nSPS) is 14.8. The maximum Gasteiger partial charge on any atom is 0.418 e. The van der Waals surface area contributed by atoms with Crippen LogP contribution in [0.1, 0.15) is 11.1 Å². The van der Waals surface area contributed by atoms with Gasteiger partial charge in [-0.15, -0.1) is 0 Å². The van der Waals surface area contributed by atoms with Crippen molar-refractivity contribution in [3.8, 4) is 0 Å². The molecular weight excluding hydrogens is 444 g/mol. The molecule has 0 bridgehead atoms. The molecule has 28 heavy (non-hydrogen) atoms. The molecule has 4 nitrogen and oxygen atoms in total. The van der Waals surface area contributed by atoms with E-state index in [4.69, 9.17) is 4.74 Å². The minimum Gasteiger partial charge on any atom is -0.378 e. The number of morpholine rings is 1. The quantitative estimate of drug-likeness (QED) is 0.676. The summed E-state index contributed by atoms with van der Waals surface area (Å²) in [6.45, 7) is 1.83. The number of benzene rings is 2. The summed E-state index contributed by atoms with van der Waals surface area (Å²) in [5.41, 5.74) is -0.542. The predicted octanol–water partition coefficient (Wildman–Crippen LogP) is 4.62. The molecule has 2 aromatic carbocycles. The van der Waals surface area contributed by atoms with Gasteiger partial charge in [-0.1, -0.05) is 12.1 Å². The molecule has 0 aliphatic carbocycles. The Morgan fingerprint density at radius 2 is 1.89 bits per heavy atom. The Morgan fingerprint density at radius 3 is 2.54 bits per heavy atom. The predicted molar refractivity (Wildman–Crippen MR) is 101 cm³/mol. The van der Waals surface area contributed by atoms with Crippen LogP contribution in [0.4, 0.5) is 28.9 Å². The van der Waals surface area contributed by atoms with E-state index >= 15 is 0 Å². The smallest absolute Gasteiger partial charge is 0.378 e. The molecule has 0 aromatic heterocycles. The molecule has 0 atom stereocenters. The molecule has 1 N–H and O–H groups in total. The van der Waals surface area contributed by atoms with Crippen LogP contribution in [0, 0.1) is 5.82 Å². The van der Waals surface area contributed by atoms with Gasteiger partial charge in [0.2, 0.25) is 5.91 Å². The Labute approximate surface area is 167 Å². The van der Waals surface area contributed by atoms with Gasteiger partial charge in [0.25, 0.3) is 0 Å². The third-order valence-electron chi connectivity index (χ3n) is 4.27. The van der Waals surface area contributed by atoms with Crippen LogP contribution < -0.4 is 10.2 Å². The third kappa shape index (κ3) is 5.02. The average molecular weight is 461 g/mol. The van der Waals surface area contributed by atoms with Crippen molar-refractivity contribution in [1.29, 1.82) is 0 Å². The number of carbonyl (C=O) groups is 1. The van der Waals surface area contributed by atoms with Crippen LogP contribution in [0.2, 0.25) is 0 Å². The minimum atomic E-state index is -4.66. The van der Waals surface area contributed by atoms with Gasteiger partial charge in [-0.05, 0) is 45.8 Å². The van der Waals surface area contributed by atoms with Crippen molar-refractivity contribution in [2.45, 2.75) is 12.6 Å². The van der Waals surface area contributed by atoms with E-state index in [9.17, 15) is 22.4 Å². The Bertz CT molecular complexity index is 867. The molecule has 9 heteroatoms. The van der Waals surface area contributed by atoms with Gasteiger partial charge < -0.3 is 15.0 Å². The number of hydrogen-bond donors (Lipinski definition) is 1. The Hall–Kier alpha value is -2.13. The summed E-state index contributed by atoms with van der Waals surface area (Å²) in [6.07, 6.45) is -4.90. The van der Waals surface area contributed by atoms with Crippen LogP contribution in [0.15, 0.2) is 40.9 Å². The molecule has 2 aromatic rings. The zero-order valence-corrected chi connectivity index (χ0v) is 16.2. The second-order valence-corrected chi connectivity index (χ2v) is 7.16. The summed E-state index contributed by atoms with van der Waals surface area (Å²) in [5, 5.41) is 2.31. The zero-order valence-electron chi connectivity index (χ0n) is 14.7. The van der Waals surface area contributed by atoms with Crippen LogP contribution in [-0.2, 0) is 22.1 Å². The van der Waals surface area contributed by atoms with Crippen molar-refractivity contribution in [1.82, 2.24) is 0 Å². The topological polar surface area (TPSA) is 41.6 Å². The molecule has 1 saturated heterocycles. The summed E-state index contributed by atoms with van der Waals surface area (Å²) >= 11 is 3.15. The first-order valence-corrected chi connectivity index (χ1v) is 9.31. The molecule has 0 saturated carbocycles. The SMILES string of the molecule is O=C(Cc1cccc(F)c1)Nc1c(Br)cc(N2CCOCC2)cc1C(F)(F)F. The lowest BCUT2D eigenvalue weighted by molar-refractivity contribution is -0.137. The molecule has 0 radical (unpaired) electrons. The van der Waals surface area contributed by atoms with Crippen molar-refractivity contribution in [3.05, 3.63) is 57.8 Å². The van der Waals surface area contributed by atoms with Crippen LogP contribution in [0.3, 0.4) is 0 Å². The van der Waals surface area contributed by atoms with E-state index in [0.717, 1.165) is 6.07 Å². The third-order valence-corrected chi connectivity index (χ3v) is 4.90. The monoisotopic (exact) mass is 460 g/mol. The molecule has 1 fully saturated rings. The van der Waals surface area contributed by atoms with Crippen molar-refractivity contribution in [2.24, 2.45) is 0 Å². The largest absolute Gasteiger partial charge is 0.418 e. The summed E-state index contributed by atoms with van der Waals surface area (Å²) < 4.78 is 59.5. The standard InChI is InChI=1S/C19H17BrF4N2O2/c20-16-11-14(26-4-6-28-7-5-26)10-15(19(22,23)24)18(16)25-17(27)9-12-2-1-3-13(21)8-12/h1-3,8,10-11H,4-7,9H2,(H,25,27). The Balaban J connectivity index is 1.87. The first-order valence-electron chi connectivity index (χ1n) is 8.52. The number of nitrogens with one attached hydrogen (secondary N) is 1. The van der Waals surface area contributed by atoms with E-state index in [1.807, 2.05) is 0 Å².